The van der Waals surface area contributed by atoms with Crippen molar-refractivity contribution >= 4 is 43.5 Å². The summed E-state index contributed by atoms with van der Waals surface area (Å²) in [5.41, 5.74) is 1.31. The zero-order valence-corrected chi connectivity index (χ0v) is 12.4. The van der Waals surface area contributed by atoms with Gasteiger partial charge in [0.2, 0.25) is 0 Å². The van der Waals surface area contributed by atoms with Gasteiger partial charge in [0.1, 0.15) is 0 Å². The van der Waals surface area contributed by atoms with Crippen molar-refractivity contribution in [1.82, 2.24) is 5.32 Å². The van der Waals surface area contributed by atoms with E-state index in [2.05, 4.69) is 42.5 Å². The molecule has 1 heterocycles. The molecule has 0 radical (unpaired) electrons. The van der Waals surface area contributed by atoms with E-state index in [1.807, 2.05) is 6.07 Å². The number of methoxy groups -OCH3 is 1. The first-order valence-corrected chi connectivity index (χ1v) is 6.75. The van der Waals surface area contributed by atoms with Gasteiger partial charge in [-0.25, -0.2) is 4.79 Å². The second kappa shape index (κ2) is 5.37. The van der Waals surface area contributed by atoms with E-state index < -0.39 is 0 Å². The third kappa shape index (κ3) is 2.81. The lowest BCUT2D eigenvalue weighted by Crippen LogP contribution is -2.51. The average Bonchev–Trinajstić information content (AvgIpc) is 2.23. The van der Waals surface area contributed by atoms with Crippen LogP contribution in [-0.4, -0.2) is 32.2 Å². The van der Waals surface area contributed by atoms with Crippen molar-refractivity contribution in [2.45, 2.75) is 6.04 Å². The Balaban J connectivity index is 2.35. The van der Waals surface area contributed by atoms with Gasteiger partial charge in [0.25, 0.3) is 0 Å². The molecule has 0 bridgehead atoms. The topological polar surface area (TPSA) is 50.4 Å². The first-order valence-electron chi connectivity index (χ1n) is 5.16. The lowest BCUT2D eigenvalue weighted by molar-refractivity contribution is 0.0601. The number of carbonyl (C=O) groups excluding carboxylic acids is 1. The molecule has 0 spiro atoms. The number of carbonyl (C=O) groups is 1. The Labute approximate surface area is 116 Å². The first kappa shape index (κ1) is 12.9. The Morgan fingerprint density at radius 2 is 2.18 bits per heavy atom. The van der Waals surface area contributed by atoms with Gasteiger partial charge in [0.05, 0.1) is 24.4 Å². The maximum absolute atomic E-state index is 11.7. The van der Waals surface area contributed by atoms with Crippen LogP contribution in [0.25, 0.3) is 0 Å². The first-order chi connectivity index (χ1) is 8.11. The number of benzene rings is 1. The van der Waals surface area contributed by atoms with Crippen molar-refractivity contribution in [3.63, 3.8) is 0 Å². The molecule has 1 aromatic rings. The van der Waals surface area contributed by atoms with E-state index in [1.54, 1.807) is 6.07 Å². The Morgan fingerprint density at radius 3 is 2.71 bits per heavy atom. The summed E-state index contributed by atoms with van der Waals surface area (Å²) in [6.07, 6.45) is 0. The van der Waals surface area contributed by atoms with Crippen LogP contribution in [0.2, 0.25) is 0 Å². The summed E-state index contributed by atoms with van der Waals surface area (Å²) in [7, 11) is 1.38. The van der Waals surface area contributed by atoms with Crippen LogP contribution in [0.1, 0.15) is 10.4 Å². The number of nitrogens with one attached hydrogen (secondary N) is 2. The van der Waals surface area contributed by atoms with Crippen LogP contribution < -0.4 is 10.6 Å². The summed E-state index contributed by atoms with van der Waals surface area (Å²) in [4.78, 5) is 11.7. The molecule has 2 rings (SSSR count). The lowest BCUT2D eigenvalue weighted by atomic mass is 10.1. The molecule has 0 saturated carbocycles. The van der Waals surface area contributed by atoms with E-state index in [4.69, 9.17) is 4.74 Å². The number of esters is 1. The Hall–Kier alpha value is -0.590. The molecule has 0 aromatic heterocycles. The minimum atomic E-state index is -0.346. The van der Waals surface area contributed by atoms with Gasteiger partial charge in [-0.05, 0) is 28.1 Å². The van der Waals surface area contributed by atoms with Gasteiger partial charge < -0.3 is 15.4 Å². The second-order valence-corrected chi connectivity index (χ2v) is 5.57. The molecule has 0 unspecified atom stereocenters. The van der Waals surface area contributed by atoms with E-state index in [9.17, 15) is 4.79 Å². The maximum atomic E-state index is 11.7. The fraction of sp³-hybridized carbons (Fsp3) is 0.364. The minimum Gasteiger partial charge on any atom is -0.465 e. The summed E-state index contributed by atoms with van der Waals surface area (Å²) >= 11 is 6.82. The van der Waals surface area contributed by atoms with Gasteiger partial charge in [-0.15, -0.1) is 0 Å². The van der Waals surface area contributed by atoms with Crippen LogP contribution in [0.5, 0.6) is 0 Å². The molecular formula is C11H12Br2N2O2. The van der Waals surface area contributed by atoms with Gasteiger partial charge in [0.15, 0.2) is 0 Å². The van der Waals surface area contributed by atoms with Crippen LogP contribution in [0, 0.1) is 0 Å². The van der Waals surface area contributed by atoms with Crippen molar-refractivity contribution in [2.75, 3.05) is 25.5 Å². The minimum absolute atomic E-state index is 0.346. The molecule has 0 amide bonds. The van der Waals surface area contributed by atoms with Gasteiger partial charge in [-0.2, -0.15) is 0 Å². The molecule has 0 aliphatic carbocycles. The van der Waals surface area contributed by atoms with Crippen molar-refractivity contribution < 1.29 is 9.53 Å². The number of rotatable bonds is 3. The SMILES string of the molecule is COC(=O)c1cc(Br)cc(Br)c1NC1CNC1. The number of hydrogen-bond donors (Lipinski definition) is 2. The van der Waals surface area contributed by atoms with Crippen molar-refractivity contribution in [3.8, 4) is 0 Å². The molecule has 2 N–H and O–H groups in total. The Kier molecular flexibility index (Phi) is 4.06. The summed E-state index contributed by atoms with van der Waals surface area (Å²) in [5, 5.41) is 6.50. The largest absolute Gasteiger partial charge is 0.465 e. The van der Waals surface area contributed by atoms with E-state index >= 15 is 0 Å². The summed E-state index contributed by atoms with van der Waals surface area (Å²) in [6, 6.07) is 4.02. The quantitative estimate of drug-likeness (QED) is 0.809. The molecule has 6 heteroatoms. The van der Waals surface area contributed by atoms with Gasteiger partial charge in [0, 0.05) is 22.0 Å². The highest BCUT2D eigenvalue weighted by Crippen LogP contribution is 2.32. The number of ether oxygens (including phenoxy) is 1. The lowest BCUT2D eigenvalue weighted by Gasteiger charge is -2.30. The molecule has 17 heavy (non-hydrogen) atoms. The van der Waals surface area contributed by atoms with Gasteiger partial charge in [-0.3, -0.25) is 0 Å². The predicted molar refractivity (Wildman–Crippen MR) is 73.5 cm³/mol. The highest BCUT2D eigenvalue weighted by molar-refractivity contribution is 9.11. The monoisotopic (exact) mass is 362 g/mol. The summed E-state index contributed by atoms with van der Waals surface area (Å²) in [6.45, 7) is 1.81. The van der Waals surface area contributed by atoms with Crippen LogP contribution >= 0.6 is 31.9 Å². The third-order valence-electron chi connectivity index (χ3n) is 2.59. The van der Waals surface area contributed by atoms with E-state index in [0.717, 1.165) is 27.7 Å². The van der Waals surface area contributed by atoms with Crippen LogP contribution in [0.15, 0.2) is 21.1 Å². The second-order valence-electron chi connectivity index (χ2n) is 3.80. The molecule has 1 saturated heterocycles. The smallest absolute Gasteiger partial charge is 0.340 e. The molecule has 1 fully saturated rings. The van der Waals surface area contributed by atoms with Crippen LogP contribution in [0.4, 0.5) is 5.69 Å². The Bertz CT molecular complexity index is 447. The highest BCUT2D eigenvalue weighted by atomic mass is 79.9. The number of hydrogen-bond acceptors (Lipinski definition) is 4. The predicted octanol–water partition coefficient (Wildman–Crippen LogP) is 2.38. The zero-order valence-electron chi connectivity index (χ0n) is 9.22. The van der Waals surface area contributed by atoms with Gasteiger partial charge >= 0.3 is 5.97 Å². The van der Waals surface area contributed by atoms with Crippen molar-refractivity contribution in [2.24, 2.45) is 0 Å². The fourth-order valence-corrected chi connectivity index (χ4v) is 2.93. The highest BCUT2D eigenvalue weighted by Gasteiger charge is 2.22. The maximum Gasteiger partial charge on any atom is 0.340 e. The van der Waals surface area contributed by atoms with Crippen molar-refractivity contribution in [3.05, 3.63) is 26.6 Å². The number of halogens is 2. The molecule has 1 aliphatic heterocycles. The molecular weight excluding hydrogens is 352 g/mol. The third-order valence-corrected chi connectivity index (χ3v) is 3.67. The normalized spacial score (nSPS) is 15.2. The standard InChI is InChI=1S/C11H12Br2N2O2/c1-17-11(16)8-2-6(12)3-9(13)10(8)15-7-4-14-5-7/h2-3,7,14-15H,4-5H2,1H3. The molecule has 92 valence electrons. The average molecular weight is 364 g/mol. The van der Waals surface area contributed by atoms with Gasteiger partial charge in [-0.1, -0.05) is 15.9 Å². The van der Waals surface area contributed by atoms with Crippen LogP contribution in [-0.2, 0) is 4.74 Å². The summed E-state index contributed by atoms with van der Waals surface area (Å²) in [5.74, 6) is -0.346. The van der Waals surface area contributed by atoms with E-state index in [1.165, 1.54) is 7.11 Å². The van der Waals surface area contributed by atoms with Crippen molar-refractivity contribution in [1.29, 1.82) is 0 Å². The zero-order chi connectivity index (χ0) is 12.4. The molecule has 4 nitrogen and oxygen atoms in total. The van der Waals surface area contributed by atoms with E-state index in [0.29, 0.717) is 11.6 Å². The molecule has 0 atom stereocenters. The fourth-order valence-electron chi connectivity index (χ4n) is 1.59. The van der Waals surface area contributed by atoms with Crippen LogP contribution in [0.3, 0.4) is 0 Å². The number of anilines is 1. The summed E-state index contributed by atoms with van der Waals surface area (Å²) < 4.78 is 6.47. The molecule has 1 aliphatic rings. The van der Waals surface area contributed by atoms with E-state index in [-0.39, 0.29) is 5.97 Å². The molecule has 1 aromatic carbocycles. The Morgan fingerprint density at radius 1 is 1.47 bits per heavy atom.